The molecule has 3 N–H and O–H groups in total. The van der Waals surface area contributed by atoms with Crippen molar-refractivity contribution < 1.29 is 4.79 Å². The molecule has 2 aromatic rings. The average Bonchev–Trinajstić information content (AvgIpc) is 2.67. The van der Waals surface area contributed by atoms with Gasteiger partial charge in [0.2, 0.25) is 5.91 Å². The molecule has 0 saturated carbocycles. The summed E-state index contributed by atoms with van der Waals surface area (Å²) >= 11 is 1.61. The van der Waals surface area contributed by atoms with Gasteiger partial charge in [-0.25, -0.2) is 4.98 Å². The number of amides is 1. The molecule has 1 aromatic heterocycles. The van der Waals surface area contributed by atoms with E-state index in [2.05, 4.69) is 10.3 Å². The monoisotopic (exact) mass is 263 g/mol. The zero-order valence-electron chi connectivity index (χ0n) is 10.7. The molecule has 1 atom stereocenters. The van der Waals surface area contributed by atoms with Gasteiger partial charge in [-0.05, 0) is 31.0 Å². The summed E-state index contributed by atoms with van der Waals surface area (Å²) in [6, 6.07) is 5.22. The van der Waals surface area contributed by atoms with E-state index in [0.29, 0.717) is 0 Å². The molecule has 0 radical (unpaired) electrons. The van der Waals surface area contributed by atoms with E-state index in [-0.39, 0.29) is 11.8 Å². The van der Waals surface area contributed by atoms with E-state index in [1.807, 2.05) is 39.0 Å². The number of anilines is 1. The van der Waals surface area contributed by atoms with Crippen molar-refractivity contribution >= 4 is 33.1 Å². The maximum absolute atomic E-state index is 11.8. The van der Waals surface area contributed by atoms with Crippen LogP contribution in [0.5, 0.6) is 0 Å². The van der Waals surface area contributed by atoms with Gasteiger partial charge in [-0.3, -0.25) is 4.79 Å². The smallest absolute Gasteiger partial charge is 0.241 e. The second-order valence-electron chi connectivity index (χ2n) is 4.67. The lowest BCUT2D eigenvalue weighted by Gasteiger charge is -2.15. The number of rotatable bonds is 3. The van der Waals surface area contributed by atoms with Crippen molar-refractivity contribution in [3.63, 3.8) is 0 Å². The Morgan fingerprint density at radius 2 is 2.17 bits per heavy atom. The van der Waals surface area contributed by atoms with E-state index in [0.717, 1.165) is 20.9 Å². The number of carbonyl (C=O) groups excluding carboxylic acids is 1. The molecule has 1 amide bonds. The lowest BCUT2D eigenvalue weighted by Crippen LogP contribution is -2.39. The minimum absolute atomic E-state index is 0.124. The third-order valence-corrected chi connectivity index (χ3v) is 3.72. The number of benzene rings is 1. The van der Waals surface area contributed by atoms with Crippen LogP contribution in [0.15, 0.2) is 18.2 Å². The largest absolute Gasteiger partial charge is 0.325 e. The topological polar surface area (TPSA) is 68.0 Å². The lowest BCUT2D eigenvalue weighted by molar-refractivity contribution is -0.118. The molecule has 2 rings (SSSR count). The Balaban J connectivity index is 2.19. The van der Waals surface area contributed by atoms with E-state index in [9.17, 15) is 4.79 Å². The Labute approximate surface area is 110 Å². The molecular formula is C13H17N3OS. The number of aromatic nitrogens is 1. The van der Waals surface area contributed by atoms with E-state index >= 15 is 0 Å². The van der Waals surface area contributed by atoms with Crippen molar-refractivity contribution in [2.75, 3.05) is 5.32 Å². The molecule has 0 bridgehead atoms. The van der Waals surface area contributed by atoms with Crippen molar-refractivity contribution in [1.29, 1.82) is 0 Å². The fourth-order valence-corrected chi connectivity index (χ4v) is 2.51. The molecule has 1 heterocycles. The van der Waals surface area contributed by atoms with Gasteiger partial charge in [-0.1, -0.05) is 13.8 Å². The normalized spacial score (nSPS) is 12.9. The van der Waals surface area contributed by atoms with E-state index in [1.165, 1.54) is 0 Å². The number of fused-ring (bicyclic) bond motifs is 1. The van der Waals surface area contributed by atoms with Crippen LogP contribution in [0.2, 0.25) is 0 Å². The van der Waals surface area contributed by atoms with Crippen molar-refractivity contribution in [3.05, 3.63) is 23.2 Å². The molecule has 0 saturated heterocycles. The van der Waals surface area contributed by atoms with Crippen molar-refractivity contribution in [2.45, 2.75) is 26.8 Å². The van der Waals surface area contributed by atoms with Crippen LogP contribution in [0.4, 0.5) is 5.69 Å². The number of hydrogen-bond acceptors (Lipinski definition) is 4. The van der Waals surface area contributed by atoms with Gasteiger partial charge in [0.05, 0.1) is 21.3 Å². The van der Waals surface area contributed by atoms with Crippen LogP contribution in [0.3, 0.4) is 0 Å². The second kappa shape index (κ2) is 5.04. The highest BCUT2D eigenvalue weighted by Gasteiger charge is 2.17. The molecule has 4 nitrogen and oxygen atoms in total. The predicted molar refractivity (Wildman–Crippen MR) is 75.8 cm³/mol. The summed E-state index contributed by atoms with van der Waals surface area (Å²) in [4.78, 5) is 16.2. The third kappa shape index (κ3) is 2.68. The number of carbonyl (C=O) groups is 1. The van der Waals surface area contributed by atoms with Crippen LogP contribution >= 0.6 is 11.3 Å². The molecule has 0 aliphatic carbocycles. The highest BCUT2D eigenvalue weighted by molar-refractivity contribution is 7.18. The van der Waals surface area contributed by atoms with E-state index < -0.39 is 6.04 Å². The summed E-state index contributed by atoms with van der Waals surface area (Å²) in [7, 11) is 0. The molecule has 0 aliphatic rings. The maximum atomic E-state index is 11.8. The Morgan fingerprint density at radius 3 is 2.83 bits per heavy atom. The number of aryl methyl sites for hydroxylation is 1. The van der Waals surface area contributed by atoms with Crippen LogP contribution in [0.25, 0.3) is 10.2 Å². The fourth-order valence-electron chi connectivity index (χ4n) is 1.65. The second-order valence-corrected chi connectivity index (χ2v) is 5.91. The number of hydrogen-bond donors (Lipinski definition) is 2. The first-order valence-electron chi connectivity index (χ1n) is 5.91. The Morgan fingerprint density at radius 1 is 1.44 bits per heavy atom. The van der Waals surface area contributed by atoms with Gasteiger partial charge < -0.3 is 11.1 Å². The zero-order valence-corrected chi connectivity index (χ0v) is 11.5. The number of nitrogens with one attached hydrogen (secondary N) is 1. The van der Waals surface area contributed by atoms with Gasteiger partial charge in [0, 0.05) is 5.69 Å². The summed E-state index contributed by atoms with van der Waals surface area (Å²) in [5, 5.41) is 3.86. The van der Waals surface area contributed by atoms with Crippen LogP contribution in [-0.2, 0) is 4.79 Å². The van der Waals surface area contributed by atoms with Gasteiger partial charge in [0.25, 0.3) is 0 Å². The summed E-state index contributed by atoms with van der Waals surface area (Å²) in [5.74, 6) is -0.0232. The Kier molecular flexibility index (Phi) is 3.63. The molecule has 5 heteroatoms. The van der Waals surface area contributed by atoms with Crippen molar-refractivity contribution in [1.82, 2.24) is 4.98 Å². The SMILES string of the molecule is Cc1nc2ccc(NC(=O)C(N)C(C)C)cc2s1. The van der Waals surface area contributed by atoms with Gasteiger partial charge in [-0.2, -0.15) is 0 Å². The summed E-state index contributed by atoms with van der Waals surface area (Å²) in [6.07, 6.45) is 0. The molecule has 0 fully saturated rings. The van der Waals surface area contributed by atoms with Crippen molar-refractivity contribution in [2.24, 2.45) is 11.7 Å². The first-order chi connectivity index (χ1) is 8.47. The quantitative estimate of drug-likeness (QED) is 0.894. The molecule has 96 valence electrons. The van der Waals surface area contributed by atoms with Crippen LogP contribution in [0, 0.1) is 12.8 Å². The molecule has 1 aromatic carbocycles. The predicted octanol–water partition coefficient (Wildman–Crippen LogP) is 2.53. The third-order valence-electron chi connectivity index (χ3n) is 2.78. The fraction of sp³-hybridized carbons (Fsp3) is 0.385. The molecule has 0 spiro atoms. The van der Waals surface area contributed by atoms with Crippen LogP contribution < -0.4 is 11.1 Å². The number of thiazole rings is 1. The summed E-state index contributed by atoms with van der Waals surface area (Å²) < 4.78 is 1.07. The van der Waals surface area contributed by atoms with Gasteiger partial charge in [-0.15, -0.1) is 11.3 Å². The van der Waals surface area contributed by atoms with E-state index in [1.54, 1.807) is 11.3 Å². The van der Waals surface area contributed by atoms with Crippen molar-refractivity contribution in [3.8, 4) is 0 Å². The van der Waals surface area contributed by atoms with Gasteiger partial charge in [0.15, 0.2) is 0 Å². The highest BCUT2D eigenvalue weighted by atomic mass is 32.1. The van der Waals surface area contributed by atoms with Gasteiger partial charge >= 0.3 is 0 Å². The molecule has 1 unspecified atom stereocenters. The minimum Gasteiger partial charge on any atom is -0.325 e. The number of nitrogens with two attached hydrogens (primary N) is 1. The molecule has 0 aliphatic heterocycles. The van der Waals surface area contributed by atoms with Crippen LogP contribution in [0.1, 0.15) is 18.9 Å². The zero-order chi connectivity index (χ0) is 13.3. The summed E-state index contributed by atoms with van der Waals surface area (Å²) in [6.45, 7) is 5.83. The highest BCUT2D eigenvalue weighted by Crippen LogP contribution is 2.24. The maximum Gasteiger partial charge on any atom is 0.241 e. The minimum atomic E-state index is -0.483. The number of nitrogens with zero attached hydrogens (tertiary/aromatic N) is 1. The molecule has 18 heavy (non-hydrogen) atoms. The Hall–Kier alpha value is -1.46. The average molecular weight is 263 g/mol. The summed E-state index contributed by atoms with van der Waals surface area (Å²) in [5.41, 5.74) is 7.54. The van der Waals surface area contributed by atoms with E-state index in [4.69, 9.17) is 5.73 Å². The first kappa shape index (κ1) is 13.0. The lowest BCUT2D eigenvalue weighted by atomic mass is 10.1. The Bertz CT molecular complexity index is 577. The molecular weight excluding hydrogens is 246 g/mol. The van der Waals surface area contributed by atoms with Gasteiger partial charge in [0.1, 0.15) is 0 Å². The standard InChI is InChI=1S/C13H17N3OS/c1-7(2)12(14)13(17)16-9-4-5-10-11(6-9)18-8(3)15-10/h4-7,12H,14H2,1-3H3,(H,16,17). The first-order valence-corrected chi connectivity index (χ1v) is 6.72. The van der Waals surface area contributed by atoms with Crippen LogP contribution in [-0.4, -0.2) is 16.9 Å².